The molecule has 0 spiro atoms. The van der Waals surface area contributed by atoms with Crippen molar-refractivity contribution in [2.45, 2.75) is 38.6 Å². The normalized spacial score (nSPS) is 19.5. The van der Waals surface area contributed by atoms with Gasteiger partial charge in [0.15, 0.2) is 0 Å². The SMILES string of the molecule is CC(C)c1ccc(C(=O)N(C)C2CCCNC2)cc1. The molecule has 0 aromatic heterocycles. The van der Waals surface area contributed by atoms with Gasteiger partial charge in [0.2, 0.25) is 0 Å². The number of rotatable bonds is 3. The van der Waals surface area contributed by atoms with Crippen molar-refractivity contribution in [3.05, 3.63) is 35.4 Å². The lowest BCUT2D eigenvalue weighted by atomic mass is 10.0. The molecular weight excluding hydrogens is 236 g/mol. The van der Waals surface area contributed by atoms with Crippen molar-refractivity contribution >= 4 is 5.91 Å². The van der Waals surface area contributed by atoms with Gasteiger partial charge in [-0.3, -0.25) is 4.79 Å². The summed E-state index contributed by atoms with van der Waals surface area (Å²) in [6.07, 6.45) is 2.24. The number of nitrogens with one attached hydrogen (secondary N) is 1. The quantitative estimate of drug-likeness (QED) is 0.906. The predicted octanol–water partition coefficient (Wildman–Crippen LogP) is 2.63. The van der Waals surface area contributed by atoms with Gasteiger partial charge < -0.3 is 10.2 Å². The fraction of sp³-hybridized carbons (Fsp3) is 0.562. The van der Waals surface area contributed by atoms with Crippen molar-refractivity contribution < 1.29 is 4.79 Å². The standard InChI is InChI=1S/C16H24N2O/c1-12(2)13-6-8-14(9-7-13)16(19)18(3)15-5-4-10-17-11-15/h6-9,12,15,17H,4-5,10-11H2,1-3H3. The zero-order valence-corrected chi connectivity index (χ0v) is 12.1. The summed E-state index contributed by atoms with van der Waals surface area (Å²) in [5.41, 5.74) is 2.07. The van der Waals surface area contributed by atoms with Gasteiger partial charge in [-0.1, -0.05) is 26.0 Å². The van der Waals surface area contributed by atoms with E-state index >= 15 is 0 Å². The minimum absolute atomic E-state index is 0.129. The second kappa shape index (κ2) is 6.20. The van der Waals surface area contributed by atoms with Crippen molar-refractivity contribution in [3.63, 3.8) is 0 Å². The van der Waals surface area contributed by atoms with Crippen molar-refractivity contribution in [2.24, 2.45) is 0 Å². The van der Waals surface area contributed by atoms with Crippen LogP contribution in [0.25, 0.3) is 0 Å². The van der Waals surface area contributed by atoms with Crippen LogP contribution < -0.4 is 5.32 Å². The number of hydrogen-bond acceptors (Lipinski definition) is 2. The maximum absolute atomic E-state index is 12.4. The van der Waals surface area contributed by atoms with E-state index in [0.29, 0.717) is 12.0 Å². The highest BCUT2D eigenvalue weighted by Crippen LogP contribution is 2.17. The van der Waals surface area contributed by atoms with E-state index < -0.39 is 0 Å². The van der Waals surface area contributed by atoms with E-state index in [1.54, 1.807) is 0 Å². The number of nitrogens with zero attached hydrogens (tertiary/aromatic N) is 1. The summed E-state index contributed by atoms with van der Waals surface area (Å²) in [7, 11) is 1.91. The van der Waals surface area contributed by atoms with Crippen molar-refractivity contribution in [3.8, 4) is 0 Å². The van der Waals surface area contributed by atoms with Crippen LogP contribution in [0.1, 0.15) is 48.5 Å². The van der Waals surface area contributed by atoms with Crippen LogP contribution in [0.2, 0.25) is 0 Å². The highest BCUT2D eigenvalue weighted by Gasteiger charge is 2.22. The second-order valence-corrected chi connectivity index (χ2v) is 5.69. The largest absolute Gasteiger partial charge is 0.337 e. The van der Waals surface area contributed by atoms with Crippen LogP contribution in [0.15, 0.2) is 24.3 Å². The Kier molecular flexibility index (Phi) is 4.59. The van der Waals surface area contributed by atoms with Gasteiger partial charge in [-0.05, 0) is 43.0 Å². The van der Waals surface area contributed by atoms with Crippen LogP contribution in [0, 0.1) is 0 Å². The Morgan fingerprint density at radius 1 is 1.32 bits per heavy atom. The molecule has 3 heteroatoms. The lowest BCUT2D eigenvalue weighted by Gasteiger charge is -2.31. The first-order chi connectivity index (χ1) is 9.09. The van der Waals surface area contributed by atoms with Gasteiger partial charge in [0, 0.05) is 25.2 Å². The summed E-state index contributed by atoms with van der Waals surface area (Å²) in [5.74, 6) is 0.633. The predicted molar refractivity (Wildman–Crippen MR) is 78.5 cm³/mol. The maximum atomic E-state index is 12.4. The summed E-state index contributed by atoms with van der Waals surface area (Å²) >= 11 is 0. The lowest BCUT2D eigenvalue weighted by Crippen LogP contribution is -2.46. The Hall–Kier alpha value is -1.35. The molecule has 0 aliphatic carbocycles. The summed E-state index contributed by atoms with van der Waals surface area (Å²) in [6.45, 7) is 6.31. The first kappa shape index (κ1) is 14.1. The maximum Gasteiger partial charge on any atom is 0.253 e. The summed E-state index contributed by atoms with van der Waals surface area (Å²) in [4.78, 5) is 14.3. The van der Waals surface area contributed by atoms with Gasteiger partial charge in [-0.2, -0.15) is 0 Å². The third kappa shape index (κ3) is 3.35. The Bertz CT molecular complexity index is 419. The molecule has 1 aliphatic rings. The van der Waals surface area contributed by atoms with E-state index in [-0.39, 0.29) is 5.91 Å². The van der Waals surface area contributed by atoms with Crippen LogP contribution in [0.3, 0.4) is 0 Å². The van der Waals surface area contributed by atoms with Crippen LogP contribution >= 0.6 is 0 Å². The molecule has 1 unspecified atom stereocenters. The second-order valence-electron chi connectivity index (χ2n) is 5.69. The summed E-state index contributed by atoms with van der Waals surface area (Å²) in [5, 5.41) is 3.35. The molecule has 1 aromatic rings. The van der Waals surface area contributed by atoms with E-state index in [2.05, 4.69) is 31.3 Å². The van der Waals surface area contributed by atoms with Crippen LogP contribution in [0.5, 0.6) is 0 Å². The van der Waals surface area contributed by atoms with E-state index in [1.165, 1.54) is 5.56 Å². The van der Waals surface area contributed by atoms with Crippen LogP contribution in [0.4, 0.5) is 0 Å². The Morgan fingerprint density at radius 2 is 2.00 bits per heavy atom. The molecule has 1 heterocycles. The zero-order valence-electron chi connectivity index (χ0n) is 12.1. The first-order valence-electron chi connectivity index (χ1n) is 7.17. The lowest BCUT2D eigenvalue weighted by molar-refractivity contribution is 0.0708. The van der Waals surface area contributed by atoms with Gasteiger partial charge >= 0.3 is 0 Å². The van der Waals surface area contributed by atoms with Gasteiger partial charge in [-0.15, -0.1) is 0 Å². The van der Waals surface area contributed by atoms with Crippen molar-refractivity contribution in [2.75, 3.05) is 20.1 Å². The van der Waals surface area contributed by atoms with E-state index in [9.17, 15) is 4.79 Å². The molecule has 3 nitrogen and oxygen atoms in total. The average Bonchev–Trinajstić information content (AvgIpc) is 2.46. The Labute approximate surface area is 116 Å². The third-order valence-corrected chi connectivity index (χ3v) is 3.96. The highest BCUT2D eigenvalue weighted by atomic mass is 16.2. The number of piperidine rings is 1. The monoisotopic (exact) mass is 260 g/mol. The van der Waals surface area contributed by atoms with E-state index in [1.807, 2.05) is 24.1 Å². The molecule has 1 N–H and O–H groups in total. The van der Waals surface area contributed by atoms with Gasteiger partial charge in [0.1, 0.15) is 0 Å². The number of carbonyl (C=O) groups excluding carboxylic acids is 1. The number of likely N-dealkylation sites (N-methyl/N-ethyl adjacent to an activating group) is 1. The minimum Gasteiger partial charge on any atom is -0.337 e. The van der Waals surface area contributed by atoms with Crippen molar-refractivity contribution in [1.29, 1.82) is 0 Å². The topological polar surface area (TPSA) is 32.3 Å². The average molecular weight is 260 g/mol. The van der Waals surface area contributed by atoms with Gasteiger partial charge in [0.05, 0.1) is 0 Å². The van der Waals surface area contributed by atoms with E-state index in [4.69, 9.17) is 0 Å². The molecule has 1 amide bonds. The van der Waals surface area contributed by atoms with Gasteiger partial charge in [0.25, 0.3) is 5.91 Å². The zero-order chi connectivity index (χ0) is 13.8. The summed E-state index contributed by atoms with van der Waals surface area (Å²) < 4.78 is 0. The molecule has 19 heavy (non-hydrogen) atoms. The number of benzene rings is 1. The first-order valence-corrected chi connectivity index (χ1v) is 7.17. The van der Waals surface area contributed by atoms with Crippen molar-refractivity contribution in [1.82, 2.24) is 10.2 Å². The van der Waals surface area contributed by atoms with E-state index in [0.717, 1.165) is 31.5 Å². The molecule has 0 radical (unpaired) electrons. The minimum atomic E-state index is 0.129. The number of amides is 1. The molecular formula is C16H24N2O. The molecule has 0 bridgehead atoms. The molecule has 1 aromatic carbocycles. The van der Waals surface area contributed by atoms with Gasteiger partial charge in [-0.25, -0.2) is 0 Å². The van der Waals surface area contributed by atoms with Crippen LogP contribution in [-0.2, 0) is 0 Å². The fourth-order valence-electron chi connectivity index (χ4n) is 2.54. The fourth-order valence-corrected chi connectivity index (χ4v) is 2.54. The molecule has 1 atom stereocenters. The number of carbonyl (C=O) groups is 1. The molecule has 1 saturated heterocycles. The highest BCUT2D eigenvalue weighted by molar-refractivity contribution is 5.94. The number of hydrogen-bond donors (Lipinski definition) is 1. The molecule has 1 fully saturated rings. The van der Waals surface area contributed by atoms with Crippen LogP contribution in [-0.4, -0.2) is 37.0 Å². The molecule has 104 valence electrons. The third-order valence-electron chi connectivity index (χ3n) is 3.96. The molecule has 2 rings (SSSR count). The Morgan fingerprint density at radius 3 is 2.53 bits per heavy atom. The Balaban J connectivity index is 2.05. The summed E-state index contributed by atoms with van der Waals surface area (Å²) in [6, 6.07) is 8.34. The smallest absolute Gasteiger partial charge is 0.253 e. The molecule has 1 aliphatic heterocycles. The molecule has 0 saturated carbocycles.